The summed E-state index contributed by atoms with van der Waals surface area (Å²) >= 11 is 1.55. The second kappa shape index (κ2) is 8.31. The number of benzene rings is 2. The number of nitrogens with one attached hydrogen (secondary N) is 1. The number of amides is 1. The summed E-state index contributed by atoms with van der Waals surface area (Å²) in [5.74, 6) is -0.0420. The number of rotatable bonds is 6. The molecule has 0 spiro atoms. The molecule has 0 unspecified atom stereocenters. The molecule has 0 atom stereocenters. The fourth-order valence-electron chi connectivity index (χ4n) is 3.52. The minimum absolute atomic E-state index is 0.0420. The molecule has 0 fully saturated rings. The summed E-state index contributed by atoms with van der Waals surface area (Å²) < 4.78 is 6.19. The fourth-order valence-corrected chi connectivity index (χ4v) is 4.77. The molecule has 0 bridgehead atoms. The number of thiophene rings is 1. The van der Waals surface area contributed by atoms with Gasteiger partial charge in [-0.05, 0) is 43.0 Å². The molecule has 0 aliphatic heterocycles. The van der Waals surface area contributed by atoms with E-state index in [0.717, 1.165) is 43.4 Å². The standard InChI is InChI=1S/C24H24N2O2S/c1-15-9-10-17(13-16(15)2)21-19-14-26-20-8-5-4-7-18(20)22(19)29-23(21)24(27)25-11-6-12-28-3/h4-5,7-10,13-14H,6,11-12H2,1-3H3,(H,25,27). The Balaban J connectivity index is 1.89. The topological polar surface area (TPSA) is 51.2 Å². The molecule has 1 N–H and O–H groups in total. The van der Waals surface area contributed by atoms with Crippen molar-refractivity contribution >= 4 is 38.2 Å². The quantitative estimate of drug-likeness (QED) is 0.432. The minimum atomic E-state index is -0.0420. The van der Waals surface area contributed by atoms with Gasteiger partial charge in [0.15, 0.2) is 0 Å². The van der Waals surface area contributed by atoms with Gasteiger partial charge >= 0.3 is 0 Å². The zero-order valence-electron chi connectivity index (χ0n) is 16.9. The van der Waals surface area contributed by atoms with Crippen LogP contribution < -0.4 is 5.32 Å². The summed E-state index contributed by atoms with van der Waals surface area (Å²) in [5.41, 5.74) is 5.42. The van der Waals surface area contributed by atoms with Gasteiger partial charge in [-0.3, -0.25) is 9.78 Å². The molecule has 2 aromatic heterocycles. The molecule has 0 saturated heterocycles. The van der Waals surface area contributed by atoms with Crippen molar-refractivity contribution in [2.45, 2.75) is 20.3 Å². The molecule has 4 rings (SSSR count). The first-order valence-corrected chi connectivity index (χ1v) is 10.6. The molecule has 148 valence electrons. The van der Waals surface area contributed by atoms with Crippen LogP contribution in [0.4, 0.5) is 0 Å². The molecule has 5 heteroatoms. The number of methoxy groups -OCH3 is 1. The Labute approximate surface area is 174 Å². The lowest BCUT2D eigenvalue weighted by molar-refractivity contribution is 0.0953. The van der Waals surface area contributed by atoms with Crippen LogP contribution in [0.3, 0.4) is 0 Å². The van der Waals surface area contributed by atoms with E-state index < -0.39 is 0 Å². The van der Waals surface area contributed by atoms with Crippen LogP contribution in [0.1, 0.15) is 27.2 Å². The normalized spacial score (nSPS) is 11.3. The highest BCUT2D eigenvalue weighted by molar-refractivity contribution is 7.22. The largest absolute Gasteiger partial charge is 0.385 e. The van der Waals surface area contributed by atoms with E-state index in [1.54, 1.807) is 18.4 Å². The monoisotopic (exact) mass is 404 g/mol. The number of ether oxygens (including phenoxy) is 1. The van der Waals surface area contributed by atoms with E-state index in [1.807, 2.05) is 24.4 Å². The van der Waals surface area contributed by atoms with Crippen molar-refractivity contribution < 1.29 is 9.53 Å². The van der Waals surface area contributed by atoms with E-state index in [9.17, 15) is 4.79 Å². The molecule has 2 heterocycles. The van der Waals surface area contributed by atoms with Gasteiger partial charge < -0.3 is 10.1 Å². The highest BCUT2D eigenvalue weighted by Gasteiger charge is 2.21. The number of carbonyl (C=O) groups excluding carboxylic acids is 1. The van der Waals surface area contributed by atoms with Crippen molar-refractivity contribution in [3.63, 3.8) is 0 Å². The van der Waals surface area contributed by atoms with Crippen LogP contribution in [0.5, 0.6) is 0 Å². The van der Waals surface area contributed by atoms with Gasteiger partial charge in [-0.15, -0.1) is 11.3 Å². The van der Waals surface area contributed by atoms with Crippen LogP contribution >= 0.6 is 11.3 Å². The summed E-state index contributed by atoms with van der Waals surface area (Å²) in [6, 6.07) is 14.5. The lowest BCUT2D eigenvalue weighted by Crippen LogP contribution is -2.24. The highest BCUT2D eigenvalue weighted by Crippen LogP contribution is 2.41. The average Bonchev–Trinajstić information content (AvgIpc) is 3.13. The van der Waals surface area contributed by atoms with Crippen molar-refractivity contribution in [3.8, 4) is 11.1 Å². The summed E-state index contributed by atoms with van der Waals surface area (Å²) in [6.07, 6.45) is 2.69. The lowest BCUT2D eigenvalue weighted by atomic mass is 9.98. The number of carbonyl (C=O) groups is 1. The molecule has 1 amide bonds. The third-order valence-corrected chi connectivity index (χ3v) is 6.48. The molecule has 29 heavy (non-hydrogen) atoms. The third kappa shape index (κ3) is 3.76. The number of fused-ring (bicyclic) bond motifs is 3. The SMILES string of the molecule is COCCCNC(=O)c1sc2c(cnc3ccccc32)c1-c1ccc(C)c(C)c1. The highest BCUT2D eigenvalue weighted by atomic mass is 32.1. The molecule has 4 nitrogen and oxygen atoms in total. The predicted molar refractivity (Wildman–Crippen MR) is 121 cm³/mol. The van der Waals surface area contributed by atoms with Gasteiger partial charge in [-0.1, -0.05) is 36.4 Å². The Hall–Kier alpha value is -2.76. The first-order valence-electron chi connectivity index (χ1n) is 9.75. The maximum Gasteiger partial charge on any atom is 0.262 e. The van der Waals surface area contributed by atoms with Crippen LogP contribution in [0.2, 0.25) is 0 Å². The molecule has 4 aromatic rings. The van der Waals surface area contributed by atoms with E-state index in [1.165, 1.54) is 11.1 Å². The number of pyridine rings is 1. The number of nitrogens with zero attached hydrogens (tertiary/aromatic N) is 1. The van der Waals surface area contributed by atoms with Crippen LogP contribution in [0, 0.1) is 13.8 Å². The van der Waals surface area contributed by atoms with E-state index in [0.29, 0.717) is 13.2 Å². The number of aromatic nitrogens is 1. The van der Waals surface area contributed by atoms with Crippen molar-refractivity contribution in [1.29, 1.82) is 0 Å². The Morgan fingerprint density at radius 3 is 2.72 bits per heavy atom. The predicted octanol–water partition coefficient (Wildman–Crippen LogP) is 5.50. The molecule has 0 saturated carbocycles. The number of para-hydroxylation sites is 1. The van der Waals surface area contributed by atoms with E-state index in [4.69, 9.17) is 4.74 Å². The first kappa shape index (κ1) is 19.6. The van der Waals surface area contributed by atoms with Gasteiger partial charge in [0.2, 0.25) is 0 Å². The molecular weight excluding hydrogens is 380 g/mol. The zero-order valence-corrected chi connectivity index (χ0v) is 17.7. The summed E-state index contributed by atoms with van der Waals surface area (Å²) in [5, 5.41) is 5.16. The molecule has 0 radical (unpaired) electrons. The number of hydrogen-bond acceptors (Lipinski definition) is 4. The van der Waals surface area contributed by atoms with Gasteiger partial charge in [0.05, 0.1) is 5.52 Å². The van der Waals surface area contributed by atoms with Crippen LogP contribution in [0.25, 0.3) is 32.1 Å². The van der Waals surface area contributed by atoms with Crippen molar-refractivity contribution in [2.24, 2.45) is 0 Å². The Morgan fingerprint density at radius 2 is 1.93 bits per heavy atom. The Kier molecular flexibility index (Phi) is 5.60. The van der Waals surface area contributed by atoms with Crippen LogP contribution in [-0.2, 0) is 4.74 Å². The second-order valence-corrected chi connectivity index (χ2v) is 8.25. The van der Waals surface area contributed by atoms with Crippen molar-refractivity contribution in [2.75, 3.05) is 20.3 Å². The van der Waals surface area contributed by atoms with Gasteiger partial charge in [-0.2, -0.15) is 0 Å². The maximum atomic E-state index is 13.1. The summed E-state index contributed by atoms with van der Waals surface area (Å²) in [4.78, 5) is 18.5. The van der Waals surface area contributed by atoms with E-state index in [2.05, 4.69) is 48.4 Å². The summed E-state index contributed by atoms with van der Waals surface area (Å²) in [6.45, 7) is 5.42. The number of hydrogen-bond donors (Lipinski definition) is 1. The van der Waals surface area contributed by atoms with Gasteiger partial charge in [-0.25, -0.2) is 0 Å². The van der Waals surface area contributed by atoms with Crippen LogP contribution in [-0.4, -0.2) is 31.2 Å². The van der Waals surface area contributed by atoms with E-state index in [-0.39, 0.29) is 5.91 Å². The average molecular weight is 405 g/mol. The Morgan fingerprint density at radius 1 is 1.10 bits per heavy atom. The zero-order chi connectivity index (χ0) is 20.4. The Bertz CT molecular complexity index is 1200. The lowest BCUT2D eigenvalue weighted by Gasteiger charge is -2.09. The van der Waals surface area contributed by atoms with Gasteiger partial charge in [0.25, 0.3) is 5.91 Å². The van der Waals surface area contributed by atoms with E-state index >= 15 is 0 Å². The summed E-state index contributed by atoms with van der Waals surface area (Å²) in [7, 11) is 1.67. The van der Waals surface area contributed by atoms with Gasteiger partial charge in [0, 0.05) is 47.5 Å². The molecule has 0 aliphatic rings. The van der Waals surface area contributed by atoms with Gasteiger partial charge in [0.1, 0.15) is 4.88 Å². The minimum Gasteiger partial charge on any atom is -0.385 e. The second-order valence-electron chi connectivity index (χ2n) is 7.23. The van der Waals surface area contributed by atoms with Crippen molar-refractivity contribution in [3.05, 3.63) is 64.7 Å². The fraction of sp³-hybridized carbons (Fsp3) is 0.250. The molecular formula is C24H24N2O2S. The number of aryl methyl sites for hydroxylation is 2. The van der Waals surface area contributed by atoms with Crippen LogP contribution in [0.15, 0.2) is 48.7 Å². The van der Waals surface area contributed by atoms with Crippen molar-refractivity contribution in [1.82, 2.24) is 10.3 Å². The maximum absolute atomic E-state index is 13.1. The molecule has 2 aromatic carbocycles. The molecule has 0 aliphatic carbocycles. The first-order chi connectivity index (χ1) is 14.1. The smallest absolute Gasteiger partial charge is 0.262 e. The third-order valence-electron chi connectivity index (χ3n) is 5.24.